The van der Waals surface area contributed by atoms with E-state index >= 15 is 0 Å². The number of nitrogens with one attached hydrogen (secondary N) is 1. The van der Waals surface area contributed by atoms with Crippen molar-refractivity contribution in [1.82, 2.24) is 5.32 Å². The highest BCUT2D eigenvalue weighted by Gasteiger charge is 2.14. The quantitative estimate of drug-likeness (QED) is 0.652. The molecule has 90 valence electrons. The Hall–Kier alpha value is -1.33. The van der Waals surface area contributed by atoms with Crippen molar-refractivity contribution in [3.8, 4) is 0 Å². The maximum Gasteiger partial charge on any atom is 0.372 e. The maximum absolute atomic E-state index is 10.8. The number of carbonyl (C=O) groups is 1. The molecule has 1 heterocycles. The molecule has 0 saturated carbocycles. The van der Waals surface area contributed by atoms with E-state index < -0.39 is 5.97 Å². The fourth-order valence-electron chi connectivity index (χ4n) is 1.52. The molecule has 1 rings (SSSR count). The molecule has 3 N–H and O–H groups in total. The second-order valence-electron chi connectivity index (χ2n) is 3.58. The molecule has 5 nitrogen and oxygen atoms in total. The highest BCUT2D eigenvalue weighted by Crippen LogP contribution is 2.11. The van der Waals surface area contributed by atoms with E-state index in [-0.39, 0.29) is 18.4 Å². The number of furan rings is 1. The topological polar surface area (TPSA) is 82.7 Å². The lowest BCUT2D eigenvalue weighted by Gasteiger charge is -2.14. The van der Waals surface area contributed by atoms with Crippen LogP contribution in [-0.2, 0) is 6.54 Å². The average molecular weight is 227 g/mol. The van der Waals surface area contributed by atoms with Gasteiger partial charge in [0.1, 0.15) is 0 Å². The first-order chi connectivity index (χ1) is 7.69. The molecule has 0 aromatic carbocycles. The number of aromatic carboxylic acids is 1. The van der Waals surface area contributed by atoms with Gasteiger partial charge in [-0.2, -0.15) is 0 Å². The van der Waals surface area contributed by atoms with E-state index in [2.05, 4.69) is 5.32 Å². The van der Waals surface area contributed by atoms with Gasteiger partial charge < -0.3 is 19.9 Å². The largest absolute Gasteiger partial charge is 0.475 e. The molecular formula is C11H17NO4. The zero-order valence-electron chi connectivity index (χ0n) is 9.27. The molecule has 1 unspecified atom stereocenters. The Morgan fingerprint density at radius 2 is 2.38 bits per heavy atom. The molecule has 1 atom stereocenters. The third kappa shape index (κ3) is 3.36. The summed E-state index contributed by atoms with van der Waals surface area (Å²) >= 11 is 0. The van der Waals surface area contributed by atoms with Gasteiger partial charge in [-0.1, -0.05) is 6.92 Å². The lowest BCUT2D eigenvalue weighted by Crippen LogP contribution is -2.29. The highest BCUT2D eigenvalue weighted by molar-refractivity contribution is 5.86. The molecule has 0 radical (unpaired) electrons. The highest BCUT2D eigenvalue weighted by atomic mass is 16.4. The Morgan fingerprint density at radius 1 is 1.62 bits per heavy atom. The average Bonchev–Trinajstić information content (AvgIpc) is 2.72. The van der Waals surface area contributed by atoms with Crippen LogP contribution in [0.15, 0.2) is 16.7 Å². The first kappa shape index (κ1) is 12.7. The summed E-state index contributed by atoms with van der Waals surface area (Å²) in [7, 11) is 0. The first-order valence-corrected chi connectivity index (χ1v) is 5.33. The van der Waals surface area contributed by atoms with Crippen LogP contribution in [0.4, 0.5) is 0 Å². The van der Waals surface area contributed by atoms with Crippen molar-refractivity contribution in [3.05, 3.63) is 23.7 Å². The minimum Gasteiger partial charge on any atom is -0.475 e. The number of rotatable bonds is 7. The van der Waals surface area contributed by atoms with Gasteiger partial charge in [0.2, 0.25) is 5.76 Å². The molecule has 0 aliphatic rings. The molecule has 0 aliphatic carbocycles. The number of hydrogen-bond acceptors (Lipinski definition) is 4. The molecule has 0 bridgehead atoms. The summed E-state index contributed by atoms with van der Waals surface area (Å²) in [5, 5.41) is 20.8. The van der Waals surface area contributed by atoms with Crippen molar-refractivity contribution in [2.75, 3.05) is 6.61 Å². The Balaban J connectivity index is 2.53. The van der Waals surface area contributed by atoms with Crippen LogP contribution >= 0.6 is 0 Å². The van der Waals surface area contributed by atoms with Crippen molar-refractivity contribution in [2.24, 2.45) is 0 Å². The summed E-state index contributed by atoms with van der Waals surface area (Å²) in [4.78, 5) is 10.8. The van der Waals surface area contributed by atoms with Crippen LogP contribution in [0.3, 0.4) is 0 Å². The van der Waals surface area contributed by atoms with Crippen molar-refractivity contribution >= 4 is 5.97 Å². The predicted molar refractivity (Wildman–Crippen MR) is 58.3 cm³/mol. The summed E-state index contributed by atoms with van der Waals surface area (Å²) in [6.07, 6.45) is 2.92. The first-order valence-electron chi connectivity index (χ1n) is 5.33. The summed E-state index contributed by atoms with van der Waals surface area (Å²) in [6.45, 7) is 2.58. The van der Waals surface area contributed by atoms with Crippen molar-refractivity contribution in [3.63, 3.8) is 0 Å². The van der Waals surface area contributed by atoms with Gasteiger partial charge in [-0.3, -0.25) is 0 Å². The van der Waals surface area contributed by atoms with Gasteiger partial charge in [0.25, 0.3) is 0 Å². The predicted octanol–water partition coefficient (Wildman–Crippen LogP) is 1.23. The van der Waals surface area contributed by atoms with Crippen LogP contribution in [0.1, 0.15) is 35.9 Å². The zero-order chi connectivity index (χ0) is 12.0. The maximum atomic E-state index is 10.8. The smallest absolute Gasteiger partial charge is 0.372 e. The van der Waals surface area contributed by atoms with Gasteiger partial charge in [0.05, 0.1) is 6.26 Å². The van der Waals surface area contributed by atoms with E-state index in [1.807, 2.05) is 6.92 Å². The lowest BCUT2D eigenvalue weighted by molar-refractivity contribution is 0.0660. The fourth-order valence-corrected chi connectivity index (χ4v) is 1.52. The van der Waals surface area contributed by atoms with Crippen LogP contribution in [-0.4, -0.2) is 28.8 Å². The molecule has 5 heteroatoms. The monoisotopic (exact) mass is 227 g/mol. The van der Waals surface area contributed by atoms with Crippen LogP contribution in [0.25, 0.3) is 0 Å². The van der Waals surface area contributed by atoms with Crippen LogP contribution in [0, 0.1) is 0 Å². The molecule has 0 amide bonds. The summed E-state index contributed by atoms with van der Waals surface area (Å²) in [6, 6.07) is 1.84. The van der Waals surface area contributed by atoms with Gasteiger partial charge in [-0.25, -0.2) is 4.79 Å². The van der Waals surface area contributed by atoms with Crippen molar-refractivity contribution in [2.45, 2.75) is 32.4 Å². The SMILES string of the molecule is CCC(CCO)NCc1ccoc1C(=O)O. The minimum absolute atomic E-state index is 0.0219. The molecule has 1 aromatic rings. The Morgan fingerprint density at radius 3 is 2.94 bits per heavy atom. The Bertz CT molecular complexity index is 334. The van der Waals surface area contributed by atoms with Gasteiger partial charge in [0, 0.05) is 24.8 Å². The number of aliphatic hydroxyl groups is 1. The van der Waals surface area contributed by atoms with E-state index in [1.165, 1.54) is 6.26 Å². The van der Waals surface area contributed by atoms with Crippen LogP contribution in [0.2, 0.25) is 0 Å². The lowest BCUT2D eigenvalue weighted by atomic mass is 10.1. The number of hydrogen-bond donors (Lipinski definition) is 3. The molecule has 0 spiro atoms. The van der Waals surface area contributed by atoms with E-state index in [9.17, 15) is 4.79 Å². The summed E-state index contributed by atoms with van der Waals surface area (Å²) < 4.78 is 4.86. The van der Waals surface area contributed by atoms with E-state index in [1.54, 1.807) is 6.07 Å². The van der Waals surface area contributed by atoms with Gasteiger partial charge in [-0.15, -0.1) is 0 Å². The molecule has 1 aromatic heterocycles. The standard InChI is InChI=1S/C11H17NO4/c1-2-9(3-5-13)12-7-8-4-6-16-10(8)11(14)15/h4,6,9,12-13H,2-3,5,7H2,1H3,(H,14,15). The second-order valence-corrected chi connectivity index (χ2v) is 3.58. The molecule has 0 fully saturated rings. The summed E-state index contributed by atoms with van der Waals surface area (Å²) in [5.74, 6) is -1.08. The molecule has 0 saturated heterocycles. The number of carboxylic acid groups (broad SMARTS) is 1. The summed E-state index contributed by atoms with van der Waals surface area (Å²) in [5.41, 5.74) is 0.629. The molecule has 16 heavy (non-hydrogen) atoms. The Labute approximate surface area is 94.1 Å². The minimum atomic E-state index is -1.06. The molecular weight excluding hydrogens is 210 g/mol. The van der Waals surface area contributed by atoms with Crippen LogP contribution in [0.5, 0.6) is 0 Å². The second kappa shape index (κ2) is 6.30. The van der Waals surface area contributed by atoms with Crippen molar-refractivity contribution < 1.29 is 19.4 Å². The van der Waals surface area contributed by atoms with E-state index in [4.69, 9.17) is 14.6 Å². The normalized spacial score (nSPS) is 12.6. The zero-order valence-corrected chi connectivity index (χ0v) is 9.27. The van der Waals surface area contributed by atoms with Gasteiger partial charge in [-0.05, 0) is 18.9 Å². The number of carboxylic acids is 1. The van der Waals surface area contributed by atoms with Crippen LogP contribution < -0.4 is 5.32 Å². The number of aliphatic hydroxyl groups excluding tert-OH is 1. The molecule has 0 aliphatic heterocycles. The van der Waals surface area contributed by atoms with E-state index in [0.29, 0.717) is 18.5 Å². The Kier molecular flexibility index (Phi) is 5.01. The van der Waals surface area contributed by atoms with Gasteiger partial charge >= 0.3 is 5.97 Å². The van der Waals surface area contributed by atoms with Crippen molar-refractivity contribution in [1.29, 1.82) is 0 Å². The van der Waals surface area contributed by atoms with Gasteiger partial charge in [0.15, 0.2) is 0 Å². The van der Waals surface area contributed by atoms with E-state index in [0.717, 1.165) is 6.42 Å². The third-order valence-corrected chi connectivity index (χ3v) is 2.49. The third-order valence-electron chi connectivity index (χ3n) is 2.49. The fraction of sp³-hybridized carbons (Fsp3) is 0.545.